The lowest BCUT2D eigenvalue weighted by Gasteiger charge is -2.13. The second-order valence-corrected chi connectivity index (χ2v) is 5.34. The molecule has 24 heavy (non-hydrogen) atoms. The highest BCUT2D eigenvalue weighted by Crippen LogP contribution is 2.33. The second-order valence-electron chi connectivity index (χ2n) is 5.34. The van der Waals surface area contributed by atoms with Gasteiger partial charge in [0.25, 0.3) is 0 Å². The number of benzene rings is 1. The molecule has 7 heteroatoms. The molecule has 0 spiro atoms. The van der Waals surface area contributed by atoms with Gasteiger partial charge in [-0.05, 0) is 32.0 Å². The maximum Gasteiger partial charge on any atom is 0.221 e. The van der Waals surface area contributed by atoms with Crippen molar-refractivity contribution in [1.82, 2.24) is 14.6 Å². The molecule has 1 aromatic carbocycles. The number of halogens is 1. The molecule has 2 aromatic heterocycles. The molecule has 1 amide bonds. The van der Waals surface area contributed by atoms with Crippen molar-refractivity contribution in [1.29, 1.82) is 0 Å². The first kappa shape index (κ1) is 15.9. The summed E-state index contributed by atoms with van der Waals surface area (Å²) < 4.78 is 20.9. The lowest BCUT2D eigenvalue weighted by atomic mass is 10.1. The van der Waals surface area contributed by atoms with E-state index in [1.807, 2.05) is 20.0 Å². The van der Waals surface area contributed by atoms with Gasteiger partial charge in [0.05, 0.1) is 12.3 Å². The van der Waals surface area contributed by atoms with E-state index in [2.05, 4.69) is 15.5 Å². The number of nitrogens with one attached hydrogen (secondary N) is 1. The Balaban J connectivity index is 2.23. The number of anilines is 1. The van der Waals surface area contributed by atoms with Crippen LogP contribution in [0.4, 0.5) is 10.1 Å². The van der Waals surface area contributed by atoms with Crippen LogP contribution in [0.3, 0.4) is 0 Å². The summed E-state index contributed by atoms with van der Waals surface area (Å²) in [6.45, 7) is 5.50. The minimum Gasteiger partial charge on any atom is -0.493 e. The molecule has 3 rings (SSSR count). The van der Waals surface area contributed by atoms with Crippen LogP contribution >= 0.6 is 0 Å². The van der Waals surface area contributed by atoms with E-state index in [1.165, 1.54) is 19.1 Å². The third-order valence-electron chi connectivity index (χ3n) is 3.54. The number of ether oxygens (including phenoxy) is 1. The van der Waals surface area contributed by atoms with Crippen molar-refractivity contribution in [3.63, 3.8) is 0 Å². The standard InChI is InChI=1S/C17H17FN4O2/c1-4-24-16-8-13(18)5-6-14(16)12-7-15(19-11(3)23)17-21-20-10(2)22(17)9-12/h5-9H,4H2,1-3H3,(H,19,23). The zero-order valence-corrected chi connectivity index (χ0v) is 13.6. The Morgan fingerprint density at radius 2 is 2.12 bits per heavy atom. The summed E-state index contributed by atoms with van der Waals surface area (Å²) >= 11 is 0. The second kappa shape index (κ2) is 6.27. The van der Waals surface area contributed by atoms with Gasteiger partial charge in [-0.15, -0.1) is 10.2 Å². The van der Waals surface area contributed by atoms with E-state index in [4.69, 9.17) is 4.74 Å². The average Bonchev–Trinajstić information content (AvgIpc) is 2.89. The zero-order valence-electron chi connectivity index (χ0n) is 13.6. The molecule has 0 bridgehead atoms. The molecule has 6 nitrogen and oxygen atoms in total. The Bertz CT molecular complexity index is 920. The number of aromatic nitrogens is 3. The third kappa shape index (κ3) is 2.92. The minimum absolute atomic E-state index is 0.209. The number of hydrogen-bond acceptors (Lipinski definition) is 4. The highest BCUT2D eigenvalue weighted by Gasteiger charge is 2.14. The largest absolute Gasteiger partial charge is 0.493 e. The van der Waals surface area contributed by atoms with Crippen LogP contribution in [0.15, 0.2) is 30.5 Å². The van der Waals surface area contributed by atoms with Crippen molar-refractivity contribution in [2.45, 2.75) is 20.8 Å². The lowest BCUT2D eigenvalue weighted by molar-refractivity contribution is -0.114. The number of carbonyl (C=O) groups excluding carboxylic acids is 1. The molecule has 0 radical (unpaired) electrons. The maximum absolute atomic E-state index is 13.5. The number of carbonyl (C=O) groups is 1. The molecule has 2 heterocycles. The van der Waals surface area contributed by atoms with Crippen LogP contribution in [0.5, 0.6) is 5.75 Å². The van der Waals surface area contributed by atoms with Crippen LogP contribution in [-0.2, 0) is 4.79 Å². The predicted molar refractivity (Wildman–Crippen MR) is 88.6 cm³/mol. The van der Waals surface area contributed by atoms with Crippen molar-refractivity contribution < 1.29 is 13.9 Å². The van der Waals surface area contributed by atoms with E-state index in [1.54, 1.807) is 16.5 Å². The Morgan fingerprint density at radius 3 is 2.83 bits per heavy atom. The van der Waals surface area contributed by atoms with Gasteiger partial charge in [-0.1, -0.05) is 0 Å². The fourth-order valence-electron chi connectivity index (χ4n) is 2.54. The molecule has 0 unspecified atom stereocenters. The Morgan fingerprint density at radius 1 is 1.33 bits per heavy atom. The third-order valence-corrected chi connectivity index (χ3v) is 3.54. The van der Waals surface area contributed by atoms with Crippen molar-refractivity contribution in [2.24, 2.45) is 0 Å². The molecule has 1 N–H and O–H groups in total. The Labute approximate surface area is 138 Å². The van der Waals surface area contributed by atoms with Crippen molar-refractivity contribution in [3.8, 4) is 16.9 Å². The number of fused-ring (bicyclic) bond motifs is 1. The molecule has 0 aliphatic rings. The van der Waals surface area contributed by atoms with Crippen molar-refractivity contribution in [2.75, 3.05) is 11.9 Å². The first-order valence-electron chi connectivity index (χ1n) is 7.55. The van der Waals surface area contributed by atoms with Gasteiger partial charge in [0.15, 0.2) is 5.65 Å². The lowest BCUT2D eigenvalue weighted by Crippen LogP contribution is -2.08. The predicted octanol–water partition coefficient (Wildman–Crippen LogP) is 3.20. The smallest absolute Gasteiger partial charge is 0.221 e. The first-order valence-corrected chi connectivity index (χ1v) is 7.55. The SMILES string of the molecule is CCOc1cc(F)ccc1-c1cc(NC(C)=O)c2nnc(C)n2c1. The number of nitrogens with zero attached hydrogens (tertiary/aromatic N) is 3. The van der Waals surface area contributed by atoms with E-state index in [9.17, 15) is 9.18 Å². The molecule has 124 valence electrons. The number of rotatable bonds is 4. The normalized spacial score (nSPS) is 10.8. The summed E-state index contributed by atoms with van der Waals surface area (Å²) in [7, 11) is 0. The van der Waals surface area contributed by atoms with Crippen LogP contribution in [0, 0.1) is 12.7 Å². The molecule has 0 saturated heterocycles. The molecule has 0 atom stereocenters. The van der Waals surface area contributed by atoms with Gasteiger partial charge in [-0.2, -0.15) is 0 Å². The molecule has 0 fully saturated rings. The summed E-state index contributed by atoms with van der Waals surface area (Å²) in [5, 5.41) is 10.9. The molecular weight excluding hydrogens is 311 g/mol. The topological polar surface area (TPSA) is 68.5 Å². The quantitative estimate of drug-likeness (QED) is 0.798. The first-order chi connectivity index (χ1) is 11.5. The van der Waals surface area contributed by atoms with Gasteiger partial charge in [0, 0.05) is 30.3 Å². The van der Waals surface area contributed by atoms with Crippen LogP contribution < -0.4 is 10.1 Å². The van der Waals surface area contributed by atoms with Crippen LogP contribution in [0.25, 0.3) is 16.8 Å². The summed E-state index contributed by atoms with van der Waals surface area (Å²) in [6.07, 6.45) is 1.84. The number of amides is 1. The van der Waals surface area contributed by atoms with Crippen LogP contribution in [0.2, 0.25) is 0 Å². The Kier molecular flexibility index (Phi) is 4.16. The van der Waals surface area contributed by atoms with Crippen molar-refractivity contribution in [3.05, 3.63) is 42.1 Å². The maximum atomic E-state index is 13.5. The summed E-state index contributed by atoms with van der Waals surface area (Å²) in [4.78, 5) is 11.5. The highest BCUT2D eigenvalue weighted by atomic mass is 19.1. The number of hydrogen-bond donors (Lipinski definition) is 1. The van der Waals surface area contributed by atoms with Gasteiger partial charge in [-0.3, -0.25) is 9.20 Å². The molecule has 0 aliphatic heterocycles. The van der Waals surface area contributed by atoms with E-state index in [-0.39, 0.29) is 11.7 Å². The monoisotopic (exact) mass is 328 g/mol. The van der Waals surface area contributed by atoms with Crippen LogP contribution in [0.1, 0.15) is 19.7 Å². The fourth-order valence-corrected chi connectivity index (χ4v) is 2.54. The van der Waals surface area contributed by atoms with Gasteiger partial charge < -0.3 is 10.1 Å². The van der Waals surface area contributed by atoms with Gasteiger partial charge >= 0.3 is 0 Å². The zero-order chi connectivity index (χ0) is 17.3. The van der Waals surface area contributed by atoms with E-state index in [0.29, 0.717) is 29.5 Å². The molecule has 3 aromatic rings. The van der Waals surface area contributed by atoms with E-state index >= 15 is 0 Å². The summed E-state index contributed by atoms with van der Waals surface area (Å²) in [6, 6.07) is 6.15. The van der Waals surface area contributed by atoms with Gasteiger partial charge in [-0.25, -0.2) is 4.39 Å². The van der Waals surface area contributed by atoms with Gasteiger partial charge in [0.1, 0.15) is 17.4 Å². The van der Waals surface area contributed by atoms with E-state index < -0.39 is 0 Å². The van der Waals surface area contributed by atoms with Gasteiger partial charge in [0.2, 0.25) is 5.91 Å². The fraction of sp³-hybridized carbons (Fsp3) is 0.235. The molecular formula is C17H17FN4O2. The Hall–Kier alpha value is -2.96. The molecule has 0 saturated carbocycles. The van der Waals surface area contributed by atoms with Crippen molar-refractivity contribution >= 4 is 17.2 Å². The summed E-state index contributed by atoms with van der Waals surface area (Å²) in [5.74, 6) is 0.541. The number of aryl methyl sites for hydroxylation is 1. The number of pyridine rings is 1. The van der Waals surface area contributed by atoms with E-state index in [0.717, 1.165) is 11.1 Å². The average molecular weight is 328 g/mol. The molecule has 0 aliphatic carbocycles. The van der Waals surface area contributed by atoms with Crippen LogP contribution in [-0.4, -0.2) is 27.1 Å². The highest BCUT2D eigenvalue weighted by molar-refractivity contribution is 5.94. The summed E-state index contributed by atoms with van der Waals surface area (Å²) in [5.41, 5.74) is 2.57. The minimum atomic E-state index is -0.370.